The molecule has 0 saturated carbocycles. The van der Waals surface area contributed by atoms with Gasteiger partial charge in [0.15, 0.2) is 5.78 Å². The number of carbonyl (C=O) groups excluding carboxylic acids is 1. The van der Waals surface area contributed by atoms with Gasteiger partial charge in [0.25, 0.3) is 0 Å². The minimum Gasteiger partial charge on any atom is -0.493 e. The van der Waals surface area contributed by atoms with Crippen LogP contribution in [0.2, 0.25) is 0 Å². The van der Waals surface area contributed by atoms with Crippen LogP contribution in [0, 0.1) is 0 Å². The van der Waals surface area contributed by atoms with Crippen molar-refractivity contribution >= 4 is 5.78 Å². The highest BCUT2D eigenvalue weighted by Gasteiger charge is 2.16. The van der Waals surface area contributed by atoms with E-state index in [9.17, 15) is 4.79 Å². The predicted molar refractivity (Wildman–Crippen MR) is 75.0 cm³/mol. The molecule has 104 valence electrons. The minimum atomic E-state index is 0.119. The first-order valence-corrected chi connectivity index (χ1v) is 6.72. The average Bonchev–Trinajstić information content (AvgIpc) is 3.07. The Labute approximate surface area is 118 Å². The van der Waals surface area contributed by atoms with Gasteiger partial charge in [-0.15, -0.1) is 0 Å². The minimum absolute atomic E-state index is 0.119. The number of ketones is 1. The highest BCUT2D eigenvalue weighted by Crippen LogP contribution is 2.26. The number of carbonyl (C=O) groups is 1. The van der Waals surface area contributed by atoms with Gasteiger partial charge < -0.3 is 9.15 Å². The molecule has 0 amide bonds. The van der Waals surface area contributed by atoms with Crippen LogP contribution in [-0.2, 0) is 13.0 Å². The van der Waals surface area contributed by atoms with E-state index in [1.54, 1.807) is 6.26 Å². The molecule has 0 bridgehead atoms. The summed E-state index contributed by atoms with van der Waals surface area (Å²) in [5.74, 6) is 1.89. The normalized spacial score (nSPS) is 13.3. The number of hydrogen-bond donors (Lipinski definition) is 0. The Morgan fingerprint density at radius 1 is 1.35 bits per heavy atom. The van der Waals surface area contributed by atoms with Crippen LogP contribution in [0.1, 0.15) is 21.7 Å². The van der Waals surface area contributed by atoms with Gasteiger partial charge in [0.2, 0.25) is 0 Å². The van der Waals surface area contributed by atoms with E-state index in [2.05, 4.69) is 0 Å². The second-order valence-electron chi connectivity index (χ2n) is 5.10. The number of furan rings is 1. The molecule has 0 N–H and O–H groups in total. The number of rotatable bonds is 5. The molecule has 0 radical (unpaired) electrons. The quantitative estimate of drug-likeness (QED) is 0.784. The first kappa shape index (κ1) is 12.9. The van der Waals surface area contributed by atoms with E-state index in [1.807, 2.05) is 42.3 Å². The van der Waals surface area contributed by atoms with Crippen molar-refractivity contribution in [2.24, 2.45) is 0 Å². The Hall–Kier alpha value is -2.07. The van der Waals surface area contributed by atoms with E-state index in [1.165, 1.54) is 0 Å². The summed E-state index contributed by atoms with van der Waals surface area (Å²) in [6.07, 6.45) is 2.53. The summed E-state index contributed by atoms with van der Waals surface area (Å²) in [5, 5.41) is 0. The SMILES string of the molecule is CN(CC(=O)c1ccc2c(c1)CCO2)Cc1ccco1. The van der Waals surface area contributed by atoms with Crippen LogP contribution in [0.25, 0.3) is 0 Å². The molecule has 1 aliphatic rings. The van der Waals surface area contributed by atoms with Crippen LogP contribution in [0.3, 0.4) is 0 Å². The number of Topliss-reactive ketones (excluding diaryl/α,β-unsaturated/α-hetero) is 1. The number of ether oxygens (including phenoxy) is 1. The van der Waals surface area contributed by atoms with Gasteiger partial charge >= 0.3 is 0 Å². The Kier molecular flexibility index (Phi) is 3.56. The maximum absolute atomic E-state index is 12.3. The van der Waals surface area contributed by atoms with Gasteiger partial charge in [-0.3, -0.25) is 9.69 Å². The molecule has 4 heteroatoms. The molecule has 2 heterocycles. The Morgan fingerprint density at radius 3 is 3.05 bits per heavy atom. The Balaban J connectivity index is 1.64. The van der Waals surface area contributed by atoms with Gasteiger partial charge in [-0.2, -0.15) is 0 Å². The average molecular weight is 271 g/mol. The zero-order chi connectivity index (χ0) is 13.9. The summed E-state index contributed by atoms with van der Waals surface area (Å²) in [6.45, 7) is 1.72. The smallest absolute Gasteiger partial charge is 0.176 e. The number of hydrogen-bond acceptors (Lipinski definition) is 4. The maximum atomic E-state index is 12.3. The summed E-state index contributed by atoms with van der Waals surface area (Å²) in [5.41, 5.74) is 1.88. The van der Waals surface area contributed by atoms with Gasteiger partial charge in [-0.1, -0.05) is 0 Å². The van der Waals surface area contributed by atoms with Crippen molar-refractivity contribution in [3.05, 3.63) is 53.5 Å². The first-order chi connectivity index (χ1) is 9.72. The van der Waals surface area contributed by atoms with Gasteiger partial charge in [-0.05, 0) is 42.9 Å². The summed E-state index contributed by atoms with van der Waals surface area (Å²) in [6, 6.07) is 9.44. The lowest BCUT2D eigenvalue weighted by molar-refractivity contribution is 0.0939. The van der Waals surface area contributed by atoms with Crippen LogP contribution in [0.15, 0.2) is 41.0 Å². The number of likely N-dealkylation sites (N-methyl/N-ethyl adjacent to an activating group) is 1. The fourth-order valence-corrected chi connectivity index (χ4v) is 2.42. The summed E-state index contributed by atoms with van der Waals surface area (Å²) < 4.78 is 10.7. The molecule has 2 aromatic rings. The lowest BCUT2D eigenvalue weighted by atomic mass is 10.1. The topological polar surface area (TPSA) is 42.7 Å². The van der Waals surface area contributed by atoms with Crippen molar-refractivity contribution in [1.82, 2.24) is 4.90 Å². The molecule has 0 unspecified atom stereocenters. The van der Waals surface area contributed by atoms with Crippen LogP contribution in [-0.4, -0.2) is 30.9 Å². The molecule has 0 aliphatic carbocycles. The fraction of sp³-hybridized carbons (Fsp3) is 0.312. The molecule has 0 saturated heterocycles. The zero-order valence-electron chi connectivity index (χ0n) is 11.5. The molecule has 1 aliphatic heterocycles. The van der Waals surface area contributed by atoms with Gasteiger partial charge in [0.05, 0.1) is 26.0 Å². The van der Waals surface area contributed by atoms with Crippen molar-refractivity contribution in [3.8, 4) is 5.75 Å². The predicted octanol–water partition coefficient (Wildman–Crippen LogP) is 2.53. The summed E-state index contributed by atoms with van der Waals surface area (Å²) in [4.78, 5) is 14.2. The molecule has 3 rings (SSSR count). The van der Waals surface area contributed by atoms with E-state index in [-0.39, 0.29) is 5.78 Å². The number of nitrogens with zero attached hydrogens (tertiary/aromatic N) is 1. The Bertz CT molecular complexity index is 604. The second-order valence-corrected chi connectivity index (χ2v) is 5.10. The summed E-state index contributed by atoms with van der Waals surface area (Å²) in [7, 11) is 1.91. The van der Waals surface area contributed by atoms with E-state index < -0.39 is 0 Å². The molecule has 4 nitrogen and oxygen atoms in total. The molecular weight excluding hydrogens is 254 g/mol. The van der Waals surface area contributed by atoms with Crippen molar-refractivity contribution in [3.63, 3.8) is 0 Å². The van der Waals surface area contributed by atoms with Crippen molar-refractivity contribution in [2.75, 3.05) is 20.2 Å². The van der Waals surface area contributed by atoms with E-state index in [0.717, 1.165) is 29.1 Å². The zero-order valence-corrected chi connectivity index (χ0v) is 11.5. The Morgan fingerprint density at radius 2 is 2.25 bits per heavy atom. The van der Waals surface area contributed by atoms with Crippen LogP contribution < -0.4 is 4.74 Å². The van der Waals surface area contributed by atoms with E-state index in [0.29, 0.717) is 19.7 Å². The first-order valence-electron chi connectivity index (χ1n) is 6.72. The van der Waals surface area contributed by atoms with Crippen LogP contribution in [0.5, 0.6) is 5.75 Å². The molecule has 0 spiro atoms. The lowest BCUT2D eigenvalue weighted by Crippen LogP contribution is -2.25. The van der Waals surface area contributed by atoms with Gasteiger partial charge in [0, 0.05) is 12.0 Å². The van der Waals surface area contributed by atoms with E-state index in [4.69, 9.17) is 9.15 Å². The van der Waals surface area contributed by atoms with Gasteiger partial charge in [0.1, 0.15) is 11.5 Å². The third-order valence-electron chi connectivity index (χ3n) is 3.43. The molecule has 1 aromatic heterocycles. The third kappa shape index (κ3) is 2.75. The maximum Gasteiger partial charge on any atom is 0.176 e. The highest BCUT2D eigenvalue weighted by atomic mass is 16.5. The molecule has 0 fully saturated rings. The van der Waals surface area contributed by atoms with Crippen molar-refractivity contribution < 1.29 is 13.9 Å². The fourth-order valence-electron chi connectivity index (χ4n) is 2.42. The van der Waals surface area contributed by atoms with Crippen molar-refractivity contribution in [2.45, 2.75) is 13.0 Å². The van der Waals surface area contributed by atoms with E-state index >= 15 is 0 Å². The molecule has 0 atom stereocenters. The lowest BCUT2D eigenvalue weighted by Gasteiger charge is -2.14. The standard InChI is InChI=1S/C16H17NO3/c1-17(10-14-3-2-7-19-14)11-15(18)12-4-5-16-13(9-12)6-8-20-16/h2-5,7,9H,6,8,10-11H2,1H3. The highest BCUT2D eigenvalue weighted by molar-refractivity contribution is 5.98. The van der Waals surface area contributed by atoms with Crippen molar-refractivity contribution in [1.29, 1.82) is 0 Å². The summed E-state index contributed by atoms with van der Waals surface area (Å²) >= 11 is 0. The van der Waals surface area contributed by atoms with Crippen LogP contribution in [0.4, 0.5) is 0 Å². The molecule has 20 heavy (non-hydrogen) atoms. The third-order valence-corrected chi connectivity index (χ3v) is 3.43. The monoisotopic (exact) mass is 271 g/mol. The van der Waals surface area contributed by atoms with Crippen LogP contribution >= 0.6 is 0 Å². The second kappa shape index (κ2) is 5.51. The number of benzene rings is 1. The van der Waals surface area contributed by atoms with Gasteiger partial charge in [-0.25, -0.2) is 0 Å². The molecule has 1 aromatic carbocycles. The largest absolute Gasteiger partial charge is 0.493 e. The molecular formula is C16H17NO3. The number of fused-ring (bicyclic) bond motifs is 1.